The van der Waals surface area contributed by atoms with Crippen LogP contribution < -0.4 is 10.2 Å². The zero-order chi connectivity index (χ0) is 13.5. The van der Waals surface area contributed by atoms with Gasteiger partial charge < -0.3 is 15.0 Å². The number of pyridine rings is 1. The second-order valence-electron chi connectivity index (χ2n) is 5.26. The number of hydrogen-bond donors (Lipinski definition) is 1. The summed E-state index contributed by atoms with van der Waals surface area (Å²) in [6.07, 6.45) is 4.36. The lowest BCUT2D eigenvalue weighted by molar-refractivity contribution is 0.161. The lowest BCUT2D eigenvalue weighted by Gasteiger charge is -2.17. The first-order chi connectivity index (χ1) is 9.33. The molecule has 0 aromatic carbocycles. The predicted molar refractivity (Wildman–Crippen MR) is 78.4 cm³/mol. The van der Waals surface area contributed by atoms with Gasteiger partial charge in [0.25, 0.3) is 0 Å². The van der Waals surface area contributed by atoms with E-state index < -0.39 is 0 Å². The number of ether oxygens (including phenoxy) is 1. The number of anilines is 1. The van der Waals surface area contributed by atoms with E-state index in [-0.39, 0.29) is 0 Å². The molecule has 2 heterocycles. The van der Waals surface area contributed by atoms with E-state index in [1.54, 1.807) is 7.11 Å². The van der Waals surface area contributed by atoms with Crippen LogP contribution in [0.15, 0.2) is 18.3 Å². The number of hydrogen-bond acceptors (Lipinski definition) is 4. The highest BCUT2D eigenvalue weighted by Crippen LogP contribution is 2.22. The average molecular weight is 263 g/mol. The van der Waals surface area contributed by atoms with Crippen LogP contribution in [-0.2, 0) is 11.3 Å². The van der Waals surface area contributed by atoms with Gasteiger partial charge in [0.15, 0.2) is 0 Å². The fraction of sp³-hybridized carbons (Fsp3) is 0.667. The van der Waals surface area contributed by atoms with Gasteiger partial charge in [0, 0.05) is 38.9 Å². The summed E-state index contributed by atoms with van der Waals surface area (Å²) in [5.41, 5.74) is 1.25. The molecule has 0 amide bonds. The third kappa shape index (κ3) is 4.18. The Bertz CT molecular complexity index is 366. The number of nitrogens with zero attached hydrogens (tertiary/aromatic N) is 2. The topological polar surface area (TPSA) is 37.4 Å². The molecule has 1 saturated heterocycles. The van der Waals surface area contributed by atoms with Gasteiger partial charge in [-0.15, -0.1) is 0 Å². The monoisotopic (exact) mass is 263 g/mol. The average Bonchev–Trinajstić information content (AvgIpc) is 2.89. The maximum Gasteiger partial charge on any atom is 0.128 e. The zero-order valence-corrected chi connectivity index (χ0v) is 12.1. The first kappa shape index (κ1) is 14.3. The molecular formula is C15H25N3O. The molecule has 0 aliphatic carbocycles. The van der Waals surface area contributed by atoms with Crippen molar-refractivity contribution in [2.75, 3.05) is 38.3 Å². The molecule has 19 heavy (non-hydrogen) atoms. The smallest absolute Gasteiger partial charge is 0.128 e. The Morgan fingerprint density at radius 3 is 3.05 bits per heavy atom. The van der Waals surface area contributed by atoms with Crippen molar-refractivity contribution in [3.63, 3.8) is 0 Å². The molecular weight excluding hydrogens is 238 g/mol. The molecule has 0 saturated carbocycles. The van der Waals surface area contributed by atoms with Gasteiger partial charge in [-0.3, -0.25) is 0 Å². The standard InChI is InChI=1S/C15H25N3O/c1-3-7-16-9-13-4-5-15(17-10-13)18-8-6-14(11-18)12-19-2/h4-5,10,14,16H,3,6-9,11-12H2,1-2H3. The number of nitrogens with one attached hydrogen (secondary N) is 1. The van der Waals surface area contributed by atoms with Gasteiger partial charge in [0.2, 0.25) is 0 Å². The summed E-state index contributed by atoms with van der Waals surface area (Å²) in [4.78, 5) is 6.93. The van der Waals surface area contributed by atoms with Crippen LogP contribution >= 0.6 is 0 Å². The van der Waals surface area contributed by atoms with Crippen molar-refractivity contribution >= 4 is 5.82 Å². The van der Waals surface area contributed by atoms with Crippen molar-refractivity contribution in [1.29, 1.82) is 0 Å². The first-order valence-corrected chi connectivity index (χ1v) is 7.23. The lowest BCUT2D eigenvalue weighted by atomic mass is 10.1. The molecule has 1 aliphatic rings. The Balaban J connectivity index is 1.85. The summed E-state index contributed by atoms with van der Waals surface area (Å²) < 4.78 is 5.23. The summed E-state index contributed by atoms with van der Waals surface area (Å²) in [6, 6.07) is 4.31. The second-order valence-corrected chi connectivity index (χ2v) is 5.26. The summed E-state index contributed by atoms with van der Waals surface area (Å²) >= 11 is 0. The van der Waals surface area contributed by atoms with E-state index in [9.17, 15) is 0 Å². The molecule has 2 rings (SSSR count). The minimum absolute atomic E-state index is 0.651. The number of aromatic nitrogens is 1. The third-order valence-electron chi connectivity index (χ3n) is 3.58. The molecule has 1 aromatic rings. The SMILES string of the molecule is CCCNCc1ccc(N2CCC(COC)C2)nc1. The van der Waals surface area contributed by atoms with Crippen LogP contribution in [0.4, 0.5) is 5.82 Å². The summed E-state index contributed by atoms with van der Waals surface area (Å²) in [5, 5.41) is 3.39. The molecule has 1 atom stereocenters. The van der Waals surface area contributed by atoms with Gasteiger partial charge >= 0.3 is 0 Å². The fourth-order valence-electron chi connectivity index (χ4n) is 2.53. The van der Waals surface area contributed by atoms with E-state index in [2.05, 4.69) is 34.3 Å². The Hall–Kier alpha value is -1.13. The maximum absolute atomic E-state index is 5.23. The van der Waals surface area contributed by atoms with E-state index in [0.29, 0.717) is 5.92 Å². The molecule has 1 aromatic heterocycles. The molecule has 0 spiro atoms. The summed E-state index contributed by atoms with van der Waals surface area (Å²) in [7, 11) is 1.78. The molecule has 0 radical (unpaired) electrons. The largest absolute Gasteiger partial charge is 0.384 e. The Morgan fingerprint density at radius 2 is 2.37 bits per heavy atom. The molecule has 1 N–H and O–H groups in total. The van der Waals surface area contributed by atoms with Crippen molar-refractivity contribution in [3.05, 3.63) is 23.9 Å². The first-order valence-electron chi connectivity index (χ1n) is 7.23. The summed E-state index contributed by atoms with van der Waals surface area (Å²) in [6.45, 7) is 7.16. The quantitative estimate of drug-likeness (QED) is 0.764. The zero-order valence-electron chi connectivity index (χ0n) is 12.1. The summed E-state index contributed by atoms with van der Waals surface area (Å²) in [5.74, 6) is 1.75. The van der Waals surface area contributed by atoms with Gasteiger partial charge in [0.1, 0.15) is 5.82 Å². The van der Waals surface area contributed by atoms with Crippen LogP contribution in [0.5, 0.6) is 0 Å². The van der Waals surface area contributed by atoms with Gasteiger partial charge in [-0.25, -0.2) is 4.98 Å². The second kappa shape index (κ2) is 7.46. The molecule has 1 aliphatic heterocycles. The lowest BCUT2D eigenvalue weighted by Crippen LogP contribution is -2.22. The van der Waals surface area contributed by atoms with Crippen molar-refractivity contribution in [1.82, 2.24) is 10.3 Å². The van der Waals surface area contributed by atoms with Crippen LogP contribution in [0.1, 0.15) is 25.3 Å². The minimum Gasteiger partial charge on any atom is -0.384 e. The maximum atomic E-state index is 5.23. The van der Waals surface area contributed by atoms with Crippen LogP contribution in [0.25, 0.3) is 0 Å². The van der Waals surface area contributed by atoms with Crippen LogP contribution in [0, 0.1) is 5.92 Å². The molecule has 1 unspecified atom stereocenters. The van der Waals surface area contributed by atoms with Gasteiger partial charge in [0.05, 0.1) is 6.61 Å². The van der Waals surface area contributed by atoms with E-state index >= 15 is 0 Å². The highest BCUT2D eigenvalue weighted by Gasteiger charge is 2.23. The van der Waals surface area contributed by atoms with Gasteiger partial charge in [-0.2, -0.15) is 0 Å². The van der Waals surface area contributed by atoms with E-state index in [4.69, 9.17) is 4.74 Å². The van der Waals surface area contributed by atoms with Crippen LogP contribution in [0.3, 0.4) is 0 Å². The van der Waals surface area contributed by atoms with Gasteiger partial charge in [-0.05, 0) is 31.0 Å². The normalized spacial score (nSPS) is 19.1. The molecule has 4 nitrogen and oxygen atoms in total. The molecule has 4 heteroatoms. The predicted octanol–water partition coefficient (Wildman–Crippen LogP) is 2.05. The highest BCUT2D eigenvalue weighted by molar-refractivity contribution is 5.40. The van der Waals surface area contributed by atoms with E-state index in [1.807, 2.05) is 6.20 Å². The molecule has 106 valence electrons. The Labute approximate surface area is 116 Å². The van der Waals surface area contributed by atoms with Gasteiger partial charge in [-0.1, -0.05) is 13.0 Å². The number of methoxy groups -OCH3 is 1. The van der Waals surface area contributed by atoms with E-state index in [0.717, 1.165) is 38.6 Å². The van der Waals surface area contributed by atoms with Crippen molar-refractivity contribution in [2.45, 2.75) is 26.3 Å². The van der Waals surface area contributed by atoms with Crippen molar-refractivity contribution in [2.24, 2.45) is 5.92 Å². The Morgan fingerprint density at radius 1 is 1.47 bits per heavy atom. The minimum atomic E-state index is 0.651. The number of rotatable bonds is 7. The molecule has 0 bridgehead atoms. The third-order valence-corrected chi connectivity index (χ3v) is 3.58. The molecule has 1 fully saturated rings. The fourth-order valence-corrected chi connectivity index (χ4v) is 2.53. The Kier molecular flexibility index (Phi) is 5.61. The van der Waals surface area contributed by atoms with Crippen molar-refractivity contribution < 1.29 is 4.74 Å². The van der Waals surface area contributed by atoms with Crippen LogP contribution in [-0.4, -0.2) is 38.3 Å². The van der Waals surface area contributed by atoms with Crippen molar-refractivity contribution in [3.8, 4) is 0 Å². The van der Waals surface area contributed by atoms with Crippen LogP contribution in [0.2, 0.25) is 0 Å². The van der Waals surface area contributed by atoms with E-state index in [1.165, 1.54) is 18.4 Å². The highest BCUT2D eigenvalue weighted by atomic mass is 16.5.